The van der Waals surface area contributed by atoms with E-state index < -0.39 is 0 Å². The molecule has 0 saturated heterocycles. The molecule has 1 aromatic heterocycles. The molecule has 3 N–H and O–H groups in total. The molecule has 0 atom stereocenters. The highest BCUT2D eigenvalue weighted by molar-refractivity contribution is 14.0. The van der Waals surface area contributed by atoms with Crippen LogP contribution in [0.5, 0.6) is 0 Å². The van der Waals surface area contributed by atoms with Gasteiger partial charge in [0.25, 0.3) is 0 Å². The Bertz CT molecular complexity index is 724. The molecule has 1 heterocycles. The average molecular weight is 518 g/mol. The van der Waals surface area contributed by atoms with E-state index in [2.05, 4.69) is 41.9 Å². The second-order valence-corrected chi connectivity index (χ2v) is 6.02. The first kappa shape index (κ1) is 21.4. The van der Waals surface area contributed by atoms with Crippen LogP contribution in [0.4, 0.5) is 5.69 Å². The fourth-order valence-electron chi connectivity index (χ4n) is 1.98. The molecule has 0 aliphatic heterocycles. The Balaban J connectivity index is 0.00000312. The molecule has 0 radical (unpaired) electrons. The van der Waals surface area contributed by atoms with Crippen molar-refractivity contribution in [1.29, 1.82) is 0 Å². The van der Waals surface area contributed by atoms with Crippen molar-refractivity contribution in [3.8, 4) is 0 Å². The molecule has 134 valence electrons. The number of halogens is 2. The van der Waals surface area contributed by atoms with Gasteiger partial charge >= 0.3 is 0 Å². The Morgan fingerprint density at radius 2 is 2.04 bits per heavy atom. The van der Waals surface area contributed by atoms with E-state index in [4.69, 9.17) is 0 Å². The van der Waals surface area contributed by atoms with Crippen LogP contribution in [0.3, 0.4) is 0 Å². The lowest BCUT2D eigenvalue weighted by Gasteiger charge is -2.13. The molecule has 2 rings (SSSR count). The average Bonchev–Trinajstić information content (AvgIpc) is 2.59. The predicted molar refractivity (Wildman–Crippen MR) is 115 cm³/mol. The summed E-state index contributed by atoms with van der Waals surface area (Å²) in [5.74, 6) is 0.402. The number of aliphatic imine (C=N–C) groups is 1. The minimum Gasteiger partial charge on any atom is -0.351 e. The highest BCUT2D eigenvalue weighted by Crippen LogP contribution is 2.20. The fourth-order valence-corrected chi connectivity index (χ4v) is 2.35. The van der Waals surface area contributed by atoms with Crippen LogP contribution in [0.2, 0.25) is 0 Å². The summed E-state index contributed by atoms with van der Waals surface area (Å²) in [4.78, 5) is 20.4. The van der Waals surface area contributed by atoms with Crippen LogP contribution in [-0.2, 0) is 11.3 Å². The first-order valence-corrected chi connectivity index (χ1v) is 8.28. The highest BCUT2D eigenvalue weighted by Gasteiger charge is 2.07. The van der Waals surface area contributed by atoms with Crippen molar-refractivity contribution in [2.45, 2.75) is 13.5 Å². The number of hydrogen-bond acceptors (Lipinski definition) is 3. The van der Waals surface area contributed by atoms with Gasteiger partial charge in [0.05, 0.1) is 18.8 Å². The van der Waals surface area contributed by atoms with Crippen LogP contribution in [-0.4, -0.2) is 30.4 Å². The summed E-state index contributed by atoms with van der Waals surface area (Å²) in [6.07, 6.45) is 1.74. The van der Waals surface area contributed by atoms with Crippen molar-refractivity contribution in [3.63, 3.8) is 0 Å². The van der Waals surface area contributed by atoms with Crippen molar-refractivity contribution in [1.82, 2.24) is 15.6 Å². The molecule has 0 spiro atoms. The van der Waals surface area contributed by atoms with Gasteiger partial charge in [0.15, 0.2) is 5.96 Å². The van der Waals surface area contributed by atoms with Crippen LogP contribution < -0.4 is 16.0 Å². The number of nitrogens with zero attached hydrogens (tertiary/aromatic N) is 2. The maximum atomic E-state index is 12.1. The van der Waals surface area contributed by atoms with Gasteiger partial charge in [-0.15, -0.1) is 24.0 Å². The van der Waals surface area contributed by atoms with Gasteiger partial charge in [0.1, 0.15) is 0 Å². The van der Waals surface area contributed by atoms with Gasteiger partial charge in [-0.3, -0.25) is 14.8 Å². The van der Waals surface area contributed by atoms with Gasteiger partial charge in [0, 0.05) is 23.4 Å². The number of aromatic nitrogens is 1. The lowest BCUT2D eigenvalue weighted by molar-refractivity contribution is -0.115. The number of anilines is 1. The fraction of sp³-hybridized carbons (Fsp3) is 0.235. The van der Waals surface area contributed by atoms with Crippen molar-refractivity contribution >= 4 is 57.5 Å². The highest BCUT2D eigenvalue weighted by atomic mass is 127. The maximum absolute atomic E-state index is 12.1. The zero-order chi connectivity index (χ0) is 17.4. The first-order chi connectivity index (χ1) is 11.6. The number of amides is 1. The number of hydrogen-bond donors (Lipinski definition) is 3. The molecular formula is C17H21BrIN5O. The molecule has 25 heavy (non-hydrogen) atoms. The summed E-state index contributed by atoms with van der Waals surface area (Å²) in [5, 5.41) is 8.97. The SMILES string of the molecule is CN=C(NCC(=O)Nc1cc(Br)ccc1C)NCc1ccccn1.I. The molecule has 0 fully saturated rings. The van der Waals surface area contributed by atoms with Crippen molar-refractivity contribution in [3.05, 3.63) is 58.3 Å². The lowest BCUT2D eigenvalue weighted by atomic mass is 10.2. The summed E-state index contributed by atoms with van der Waals surface area (Å²) in [6, 6.07) is 11.5. The number of pyridine rings is 1. The van der Waals surface area contributed by atoms with Crippen LogP contribution in [0.15, 0.2) is 52.1 Å². The third-order valence-corrected chi connectivity index (χ3v) is 3.77. The Hall–Kier alpha value is -1.68. The van der Waals surface area contributed by atoms with Gasteiger partial charge in [-0.05, 0) is 36.8 Å². The molecule has 0 aliphatic carbocycles. The lowest BCUT2D eigenvalue weighted by Crippen LogP contribution is -2.41. The van der Waals surface area contributed by atoms with Gasteiger partial charge in [-0.25, -0.2) is 0 Å². The first-order valence-electron chi connectivity index (χ1n) is 7.49. The topological polar surface area (TPSA) is 78.4 Å². The Labute approximate surface area is 173 Å². The van der Waals surface area contributed by atoms with E-state index in [9.17, 15) is 4.79 Å². The van der Waals surface area contributed by atoms with Crippen LogP contribution in [0.25, 0.3) is 0 Å². The van der Waals surface area contributed by atoms with Crippen LogP contribution >= 0.6 is 39.9 Å². The van der Waals surface area contributed by atoms with Gasteiger partial charge in [-0.2, -0.15) is 0 Å². The third kappa shape index (κ3) is 7.39. The quantitative estimate of drug-likeness (QED) is 0.323. The second kappa shape index (κ2) is 11.0. The minimum atomic E-state index is -0.142. The van der Waals surface area contributed by atoms with Crippen molar-refractivity contribution in [2.75, 3.05) is 18.9 Å². The number of aryl methyl sites for hydroxylation is 1. The molecule has 1 amide bonds. The van der Waals surface area contributed by atoms with Crippen LogP contribution in [0, 0.1) is 6.92 Å². The summed E-state index contributed by atoms with van der Waals surface area (Å²) in [5.41, 5.74) is 2.69. The molecule has 0 aliphatic rings. The summed E-state index contributed by atoms with van der Waals surface area (Å²) in [6.45, 7) is 2.60. The molecule has 1 aromatic carbocycles. The van der Waals surface area contributed by atoms with Gasteiger partial charge in [-0.1, -0.05) is 28.1 Å². The number of nitrogens with one attached hydrogen (secondary N) is 3. The Morgan fingerprint density at radius 1 is 1.24 bits per heavy atom. The van der Waals surface area contributed by atoms with Crippen molar-refractivity contribution in [2.24, 2.45) is 4.99 Å². The van der Waals surface area contributed by atoms with E-state index in [1.54, 1.807) is 13.2 Å². The van der Waals surface area contributed by atoms with Gasteiger partial charge < -0.3 is 16.0 Å². The zero-order valence-corrected chi connectivity index (χ0v) is 18.0. The largest absolute Gasteiger partial charge is 0.351 e. The minimum absolute atomic E-state index is 0. The normalized spacial score (nSPS) is 10.6. The number of carbonyl (C=O) groups is 1. The predicted octanol–water partition coefficient (Wildman–Crippen LogP) is 3.07. The van der Waals surface area contributed by atoms with Gasteiger partial charge in [0.2, 0.25) is 5.91 Å². The second-order valence-electron chi connectivity index (χ2n) is 5.11. The number of benzene rings is 1. The number of guanidine groups is 1. The van der Waals surface area contributed by atoms with E-state index in [1.165, 1.54) is 0 Å². The van der Waals surface area contributed by atoms with E-state index in [0.717, 1.165) is 21.4 Å². The molecule has 0 unspecified atom stereocenters. The summed E-state index contributed by atoms with van der Waals surface area (Å²) >= 11 is 3.40. The molecule has 8 heteroatoms. The summed E-state index contributed by atoms with van der Waals surface area (Å²) < 4.78 is 0.921. The Morgan fingerprint density at radius 3 is 2.72 bits per heavy atom. The molecular weight excluding hydrogens is 497 g/mol. The monoisotopic (exact) mass is 517 g/mol. The summed E-state index contributed by atoms with van der Waals surface area (Å²) in [7, 11) is 1.66. The molecule has 0 saturated carbocycles. The van der Waals surface area contributed by atoms with E-state index >= 15 is 0 Å². The third-order valence-electron chi connectivity index (χ3n) is 3.28. The van der Waals surface area contributed by atoms with E-state index in [1.807, 2.05) is 43.3 Å². The maximum Gasteiger partial charge on any atom is 0.243 e. The molecule has 0 bridgehead atoms. The number of carbonyl (C=O) groups excluding carboxylic acids is 1. The van der Waals surface area contributed by atoms with E-state index in [-0.39, 0.29) is 36.4 Å². The number of rotatable bonds is 5. The Kier molecular flexibility index (Phi) is 9.43. The zero-order valence-electron chi connectivity index (χ0n) is 14.0. The van der Waals surface area contributed by atoms with E-state index in [0.29, 0.717) is 12.5 Å². The van der Waals surface area contributed by atoms with Crippen molar-refractivity contribution < 1.29 is 4.79 Å². The standard InChI is InChI=1S/C17H20BrN5O.HI/c1-12-6-7-13(18)9-15(12)23-16(24)11-22-17(19-2)21-10-14-5-3-4-8-20-14;/h3-9H,10-11H2,1-2H3,(H,23,24)(H2,19,21,22);1H. The van der Waals surface area contributed by atoms with Crippen LogP contribution in [0.1, 0.15) is 11.3 Å². The smallest absolute Gasteiger partial charge is 0.243 e. The molecule has 2 aromatic rings. The molecule has 6 nitrogen and oxygen atoms in total.